The van der Waals surface area contributed by atoms with Crippen LogP contribution in [0.3, 0.4) is 0 Å². The third-order valence-electron chi connectivity index (χ3n) is 1.69. The Labute approximate surface area is 60.2 Å². The summed E-state index contributed by atoms with van der Waals surface area (Å²) in [5.74, 6) is 0.351. The number of Topliss-reactive ketones (excluding diaryl/α,β-unsaturated/α-hetero) is 1. The van der Waals surface area contributed by atoms with Gasteiger partial charge in [-0.3, -0.25) is 4.79 Å². The first-order valence-electron chi connectivity index (χ1n) is 3.36. The monoisotopic (exact) mass is 144 g/mol. The maximum atomic E-state index is 10.8. The van der Waals surface area contributed by atoms with Crippen molar-refractivity contribution in [3.05, 3.63) is 0 Å². The van der Waals surface area contributed by atoms with Crippen molar-refractivity contribution in [2.45, 2.75) is 37.2 Å². The van der Waals surface area contributed by atoms with E-state index in [1.807, 2.05) is 11.8 Å². The summed E-state index contributed by atoms with van der Waals surface area (Å²) in [5, 5.41) is 1.03. The Morgan fingerprint density at radius 2 is 2.22 bits per heavy atom. The first kappa shape index (κ1) is 7.13. The molecular weight excluding hydrogens is 132 g/mol. The van der Waals surface area contributed by atoms with Crippen molar-refractivity contribution in [2.24, 2.45) is 0 Å². The Morgan fingerprint density at radius 1 is 1.56 bits per heavy atom. The largest absolute Gasteiger partial charge is 0.299 e. The molecule has 1 fully saturated rings. The zero-order chi connectivity index (χ0) is 6.85. The van der Waals surface area contributed by atoms with Crippen LogP contribution in [0.15, 0.2) is 0 Å². The van der Waals surface area contributed by atoms with Gasteiger partial charge in [0.15, 0.2) is 0 Å². The number of hydrogen-bond donors (Lipinski definition) is 0. The van der Waals surface area contributed by atoms with Gasteiger partial charge in [0.05, 0.1) is 5.25 Å². The van der Waals surface area contributed by atoms with Gasteiger partial charge in [0.1, 0.15) is 5.78 Å². The van der Waals surface area contributed by atoms with E-state index in [2.05, 4.69) is 6.92 Å². The van der Waals surface area contributed by atoms with Crippen LogP contribution < -0.4 is 0 Å². The predicted octanol–water partition coefficient (Wildman–Crippen LogP) is 1.86. The number of rotatable bonds is 1. The Morgan fingerprint density at radius 3 is 2.44 bits per heavy atom. The standard InChI is InChI=1S/C7H12OS/c1-5-3-4-7(9-5)6(2)8/h5,7H,3-4H2,1-2H3. The van der Waals surface area contributed by atoms with Gasteiger partial charge in [-0.2, -0.15) is 0 Å². The molecule has 2 unspecified atom stereocenters. The van der Waals surface area contributed by atoms with Crippen LogP contribution >= 0.6 is 11.8 Å². The molecule has 9 heavy (non-hydrogen) atoms. The maximum absolute atomic E-state index is 10.8. The Balaban J connectivity index is 2.39. The lowest BCUT2D eigenvalue weighted by Gasteiger charge is -2.01. The van der Waals surface area contributed by atoms with E-state index in [-0.39, 0.29) is 0 Å². The third kappa shape index (κ3) is 1.71. The second kappa shape index (κ2) is 2.74. The molecule has 1 rings (SSSR count). The van der Waals surface area contributed by atoms with Crippen molar-refractivity contribution >= 4 is 17.5 Å². The minimum atomic E-state index is 0.319. The van der Waals surface area contributed by atoms with Crippen molar-refractivity contribution in [3.8, 4) is 0 Å². The van der Waals surface area contributed by atoms with Crippen LogP contribution in [0.25, 0.3) is 0 Å². The average Bonchev–Trinajstić information content (AvgIpc) is 2.14. The molecule has 0 aromatic rings. The van der Waals surface area contributed by atoms with Gasteiger partial charge in [-0.15, -0.1) is 11.8 Å². The fourth-order valence-electron chi connectivity index (χ4n) is 1.10. The summed E-state index contributed by atoms with van der Waals surface area (Å²) >= 11 is 1.82. The van der Waals surface area contributed by atoms with E-state index in [0.29, 0.717) is 16.3 Å². The summed E-state index contributed by atoms with van der Waals surface area (Å²) in [5.41, 5.74) is 0. The lowest BCUT2D eigenvalue weighted by Crippen LogP contribution is -2.08. The van der Waals surface area contributed by atoms with Crippen LogP contribution in [-0.4, -0.2) is 16.3 Å². The highest BCUT2D eigenvalue weighted by Gasteiger charge is 2.24. The molecule has 0 aromatic carbocycles. The molecule has 52 valence electrons. The van der Waals surface area contributed by atoms with E-state index in [1.54, 1.807) is 6.92 Å². The molecule has 0 spiro atoms. The van der Waals surface area contributed by atoms with Crippen LogP contribution in [0, 0.1) is 0 Å². The Hall–Kier alpha value is 0.0200. The molecule has 0 radical (unpaired) electrons. The molecule has 2 atom stereocenters. The average molecular weight is 144 g/mol. The highest BCUT2D eigenvalue weighted by molar-refractivity contribution is 8.01. The molecule has 0 aliphatic carbocycles. The fraction of sp³-hybridized carbons (Fsp3) is 0.857. The molecule has 0 aromatic heterocycles. The number of hydrogen-bond acceptors (Lipinski definition) is 2. The van der Waals surface area contributed by atoms with Crippen LogP contribution in [0.1, 0.15) is 26.7 Å². The van der Waals surface area contributed by atoms with E-state index in [0.717, 1.165) is 6.42 Å². The normalized spacial score (nSPS) is 34.9. The summed E-state index contributed by atoms with van der Waals surface area (Å²) in [6.07, 6.45) is 2.32. The maximum Gasteiger partial charge on any atom is 0.142 e. The molecule has 2 heteroatoms. The van der Waals surface area contributed by atoms with Crippen molar-refractivity contribution in [3.63, 3.8) is 0 Å². The van der Waals surface area contributed by atoms with Crippen LogP contribution in [-0.2, 0) is 4.79 Å². The number of carbonyl (C=O) groups is 1. The third-order valence-corrected chi connectivity index (χ3v) is 3.28. The number of thioether (sulfide) groups is 1. The Kier molecular flexibility index (Phi) is 2.17. The highest BCUT2D eigenvalue weighted by atomic mass is 32.2. The highest BCUT2D eigenvalue weighted by Crippen LogP contribution is 2.33. The topological polar surface area (TPSA) is 17.1 Å². The zero-order valence-electron chi connectivity index (χ0n) is 5.89. The lowest BCUT2D eigenvalue weighted by molar-refractivity contribution is -0.116. The second-order valence-electron chi connectivity index (χ2n) is 2.62. The summed E-state index contributed by atoms with van der Waals surface area (Å²) in [4.78, 5) is 10.8. The molecular formula is C7H12OS. The van der Waals surface area contributed by atoms with Gasteiger partial charge in [0.25, 0.3) is 0 Å². The first-order chi connectivity index (χ1) is 4.20. The molecule has 0 saturated carbocycles. The van der Waals surface area contributed by atoms with Gasteiger partial charge in [0.2, 0.25) is 0 Å². The van der Waals surface area contributed by atoms with Crippen molar-refractivity contribution < 1.29 is 4.79 Å². The molecule has 0 amide bonds. The van der Waals surface area contributed by atoms with Crippen LogP contribution in [0.4, 0.5) is 0 Å². The minimum absolute atomic E-state index is 0.319. The zero-order valence-corrected chi connectivity index (χ0v) is 6.70. The molecule has 1 aliphatic rings. The Bertz CT molecular complexity index is 122. The molecule has 1 saturated heterocycles. The smallest absolute Gasteiger partial charge is 0.142 e. The summed E-state index contributed by atoms with van der Waals surface area (Å²) < 4.78 is 0. The summed E-state index contributed by atoms with van der Waals surface area (Å²) in [6.45, 7) is 3.88. The fourth-order valence-corrected chi connectivity index (χ4v) is 2.40. The van der Waals surface area contributed by atoms with Gasteiger partial charge >= 0.3 is 0 Å². The van der Waals surface area contributed by atoms with Gasteiger partial charge < -0.3 is 0 Å². The molecule has 1 aliphatic heterocycles. The molecule has 0 N–H and O–H groups in total. The van der Waals surface area contributed by atoms with Gasteiger partial charge in [0, 0.05) is 5.25 Å². The van der Waals surface area contributed by atoms with Crippen LogP contribution in [0.5, 0.6) is 0 Å². The molecule has 1 nitrogen and oxygen atoms in total. The quantitative estimate of drug-likeness (QED) is 0.558. The van der Waals surface area contributed by atoms with Gasteiger partial charge in [-0.1, -0.05) is 6.92 Å². The first-order valence-corrected chi connectivity index (χ1v) is 4.30. The lowest BCUT2D eigenvalue weighted by atomic mass is 10.2. The number of ketones is 1. The van der Waals surface area contributed by atoms with E-state index in [9.17, 15) is 4.79 Å². The number of carbonyl (C=O) groups excluding carboxylic acids is 1. The SMILES string of the molecule is CC(=O)C1CCC(C)S1. The van der Waals surface area contributed by atoms with Crippen molar-refractivity contribution in [1.29, 1.82) is 0 Å². The molecule has 1 heterocycles. The summed E-state index contributed by atoms with van der Waals surface area (Å²) in [7, 11) is 0. The van der Waals surface area contributed by atoms with E-state index in [4.69, 9.17) is 0 Å². The predicted molar refractivity (Wildman–Crippen MR) is 40.8 cm³/mol. The van der Waals surface area contributed by atoms with E-state index < -0.39 is 0 Å². The van der Waals surface area contributed by atoms with Gasteiger partial charge in [-0.25, -0.2) is 0 Å². The summed E-state index contributed by atoms with van der Waals surface area (Å²) in [6, 6.07) is 0. The van der Waals surface area contributed by atoms with Crippen LogP contribution in [0.2, 0.25) is 0 Å². The van der Waals surface area contributed by atoms with E-state index >= 15 is 0 Å². The minimum Gasteiger partial charge on any atom is -0.299 e. The van der Waals surface area contributed by atoms with Gasteiger partial charge in [-0.05, 0) is 19.8 Å². The van der Waals surface area contributed by atoms with Crippen molar-refractivity contribution in [2.75, 3.05) is 0 Å². The van der Waals surface area contributed by atoms with Crippen molar-refractivity contribution in [1.82, 2.24) is 0 Å². The second-order valence-corrected chi connectivity index (χ2v) is 4.27. The van der Waals surface area contributed by atoms with E-state index in [1.165, 1.54) is 6.42 Å². The molecule has 0 bridgehead atoms.